The number of phenolic OH excluding ortho intramolecular Hbond substituents is 1. The molecule has 1 aromatic heterocycles. The average Bonchev–Trinajstić information content (AvgIpc) is 2.65. The van der Waals surface area contributed by atoms with E-state index in [1.54, 1.807) is 20.2 Å². The van der Waals surface area contributed by atoms with Crippen LogP contribution in [0.1, 0.15) is 23.7 Å². The minimum Gasteiger partial charge on any atom is -0.505 e. The maximum atomic E-state index is 12.3. The van der Waals surface area contributed by atoms with Gasteiger partial charge in [-0.2, -0.15) is 0 Å². The van der Waals surface area contributed by atoms with Crippen LogP contribution in [0.2, 0.25) is 0 Å². The molecular formula is C18H21N5O4. The van der Waals surface area contributed by atoms with E-state index in [1.807, 2.05) is 6.92 Å². The van der Waals surface area contributed by atoms with E-state index < -0.39 is 23.1 Å². The van der Waals surface area contributed by atoms with Crippen LogP contribution >= 0.6 is 0 Å². The minimum absolute atomic E-state index is 0.0517. The highest BCUT2D eigenvalue weighted by molar-refractivity contribution is 5.98. The fraction of sp³-hybridized carbons (Fsp3) is 0.278. The summed E-state index contributed by atoms with van der Waals surface area (Å²) >= 11 is 0. The number of H-pyrrole nitrogens is 2. The maximum absolute atomic E-state index is 12.3. The Balaban J connectivity index is 2.53. The summed E-state index contributed by atoms with van der Waals surface area (Å²) in [5, 5.41) is 20.4. The van der Waals surface area contributed by atoms with Gasteiger partial charge in [0, 0.05) is 14.1 Å². The summed E-state index contributed by atoms with van der Waals surface area (Å²) in [6.07, 6.45) is 5.94. The Morgan fingerprint density at radius 3 is 2.44 bits per heavy atom. The third-order valence-electron chi connectivity index (χ3n) is 3.85. The zero-order valence-electron chi connectivity index (χ0n) is 15.2. The van der Waals surface area contributed by atoms with E-state index in [0.29, 0.717) is 6.42 Å². The molecule has 0 aliphatic rings. The van der Waals surface area contributed by atoms with Gasteiger partial charge in [-0.3, -0.25) is 24.6 Å². The number of carbonyl (C=O) groups is 1. The van der Waals surface area contributed by atoms with Crippen molar-refractivity contribution in [3.8, 4) is 18.1 Å². The van der Waals surface area contributed by atoms with Crippen molar-refractivity contribution in [3.63, 3.8) is 0 Å². The number of hydrogen-bond acceptors (Lipinski definition) is 6. The molecule has 1 unspecified atom stereocenters. The lowest BCUT2D eigenvalue weighted by Gasteiger charge is -2.17. The zero-order valence-corrected chi connectivity index (χ0v) is 15.2. The Labute approximate surface area is 155 Å². The molecule has 27 heavy (non-hydrogen) atoms. The highest BCUT2D eigenvalue weighted by atomic mass is 16.3. The van der Waals surface area contributed by atoms with Gasteiger partial charge in [-0.1, -0.05) is 18.9 Å². The molecule has 142 valence electrons. The number of rotatable bonds is 6. The topological polar surface area (TPSA) is 130 Å². The van der Waals surface area contributed by atoms with Crippen LogP contribution in [0.25, 0.3) is 0 Å². The highest BCUT2D eigenvalue weighted by Crippen LogP contribution is 2.31. The van der Waals surface area contributed by atoms with Crippen molar-refractivity contribution in [1.82, 2.24) is 15.1 Å². The molecule has 1 heterocycles. The van der Waals surface area contributed by atoms with Crippen molar-refractivity contribution in [3.05, 3.63) is 44.5 Å². The van der Waals surface area contributed by atoms with E-state index in [4.69, 9.17) is 6.42 Å². The molecule has 9 nitrogen and oxygen atoms in total. The number of hydrogen-bond donors (Lipinski definition) is 5. The Hall–Kier alpha value is -3.67. The standard InChI is InChI=1S/C18H21N5O4/c1-5-10(6-2)19-13-14(17(26)22-21-16(13)25)20-12-9-7-8-11(15(12)24)18(27)23(3)4/h1,7-10,24H,6H2,2-4H3,(H2,19,22,26)(H2,20,21,25). The Morgan fingerprint density at radius 2 is 1.89 bits per heavy atom. The molecule has 0 saturated carbocycles. The number of anilines is 3. The van der Waals surface area contributed by atoms with E-state index in [1.165, 1.54) is 17.0 Å². The predicted octanol–water partition coefficient (Wildman–Crippen LogP) is 1.04. The number of carbonyl (C=O) groups excluding carboxylic acids is 1. The van der Waals surface area contributed by atoms with Crippen molar-refractivity contribution < 1.29 is 9.90 Å². The van der Waals surface area contributed by atoms with Crippen LogP contribution in [0.15, 0.2) is 27.8 Å². The van der Waals surface area contributed by atoms with E-state index >= 15 is 0 Å². The second kappa shape index (κ2) is 8.14. The number of nitrogens with one attached hydrogen (secondary N) is 4. The lowest BCUT2D eigenvalue weighted by atomic mass is 10.1. The van der Waals surface area contributed by atoms with E-state index in [0.717, 1.165) is 0 Å². The Bertz CT molecular complexity index is 1000. The van der Waals surface area contributed by atoms with Crippen molar-refractivity contribution in [2.45, 2.75) is 19.4 Å². The molecule has 0 saturated heterocycles. The molecule has 0 radical (unpaired) electrons. The van der Waals surface area contributed by atoms with Crippen LogP contribution in [-0.4, -0.2) is 46.2 Å². The summed E-state index contributed by atoms with van der Waals surface area (Å²) in [7, 11) is 3.10. The predicted molar refractivity (Wildman–Crippen MR) is 104 cm³/mol. The highest BCUT2D eigenvalue weighted by Gasteiger charge is 2.19. The van der Waals surface area contributed by atoms with Crippen molar-refractivity contribution >= 4 is 23.0 Å². The van der Waals surface area contributed by atoms with Gasteiger partial charge in [0.1, 0.15) is 11.4 Å². The molecule has 1 atom stereocenters. The Kier molecular flexibility index (Phi) is 5.92. The molecule has 1 amide bonds. The summed E-state index contributed by atoms with van der Waals surface area (Å²) < 4.78 is 0. The maximum Gasteiger partial charge on any atom is 0.288 e. The number of terminal acetylenes is 1. The van der Waals surface area contributed by atoms with Gasteiger partial charge in [0.25, 0.3) is 17.0 Å². The van der Waals surface area contributed by atoms with E-state index in [9.17, 15) is 19.5 Å². The van der Waals surface area contributed by atoms with Gasteiger partial charge in [-0.15, -0.1) is 6.42 Å². The lowest BCUT2D eigenvalue weighted by Crippen LogP contribution is -2.29. The first-order valence-electron chi connectivity index (χ1n) is 8.18. The van der Waals surface area contributed by atoms with Crippen LogP contribution in [0.4, 0.5) is 17.1 Å². The Morgan fingerprint density at radius 1 is 1.26 bits per heavy atom. The number of phenols is 1. The first-order chi connectivity index (χ1) is 12.8. The van der Waals surface area contributed by atoms with Gasteiger partial charge >= 0.3 is 0 Å². The molecule has 0 aliphatic heterocycles. The normalized spacial score (nSPS) is 11.3. The second-order valence-electron chi connectivity index (χ2n) is 5.96. The monoisotopic (exact) mass is 371 g/mol. The van der Waals surface area contributed by atoms with Gasteiger partial charge < -0.3 is 20.6 Å². The molecule has 9 heteroatoms. The SMILES string of the molecule is C#CC(CC)Nc1c(Nc2cccc(C(=O)N(C)C)c2O)c(=O)[nH][nH]c1=O. The zero-order chi connectivity index (χ0) is 20.1. The van der Waals surface area contributed by atoms with E-state index in [2.05, 4.69) is 26.8 Å². The largest absolute Gasteiger partial charge is 0.505 e. The molecule has 2 rings (SSSR count). The number of nitrogens with zero attached hydrogens (tertiary/aromatic N) is 1. The first-order valence-corrected chi connectivity index (χ1v) is 8.18. The number of para-hydroxylation sites is 1. The van der Waals surface area contributed by atoms with Gasteiger partial charge in [0.05, 0.1) is 17.3 Å². The van der Waals surface area contributed by atoms with Gasteiger partial charge in [-0.05, 0) is 18.6 Å². The summed E-state index contributed by atoms with van der Waals surface area (Å²) in [5.41, 5.74) is -1.27. The third kappa shape index (κ3) is 4.12. The molecule has 0 spiro atoms. The van der Waals surface area contributed by atoms with Gasteiger partial charge in [0.15, 0.2) is 5.75 Å². The number of amides is 1. The van der Waals surface area contributed by atoms with Gasteiger partial charge in [-0.25, -0.2) is 0 Å². The minimum atomic E-state index is -0.632. The molecule has 0 aliphatic carbocycles. The second-order valence-corrected chi connectivity index (χ2v) is 5.96. The molecule has 2 aromatic rings. The first kappa shape index (κ1) is 19.7. The summed E-state index contributed by atoms with van der Waals surface area (Å²) in [6, 6.07) is 4.01. The number of benzene rings is 1. The van der Waals surface area contributed by atoms with Crippen molar-refractivity contribution in [1.29, 1.82) is 0 Å². The van der Waals surface area contributed by atoms with Crippen molar-refractivity contribution in [2.75, 3.05) is 24.7 Å². The number of aromatic hydroxyl groups is 1. The summed E-state index contributed by atoms with van der Waals surface area (Å²) in [4.78, 5) is 37.9. The average molecular weight is 371 g/mol. The summed E-state index contributed by atoms with van der Waals surface area (Å²) in [6.45, 7) is 1.83. The van der Waals surface area contributed by atoms with Crippen molar-refractivity contribution in [2.24, 2.45) is 0 Å². The smallest absolute Gasteiger partial charge is 0.288 e. The quantitative estimate of drug-likeness (QED) is 0.381. The fourth-order valence-electron chi connectivity index (χ4n) is 2.35. The molecule has 0 fully saturated rings. The third-order valence-corrected chi connectivity index (χ3v) is 3.85. The molecule has 0 bridgehead atoms. The lowest BCUT2D eigenvalue weighted by molar-refractivity contribution is 0.0824. The van der Waals surface area contributed by atoms with Gasteiger partial charge in [0.2, 0.25) is 0 Å². The van der Waals surface area contributed by atoms with Crippen LogP contribution < -0.4 is 21.8 Å². The molecular weight excluding hydrogens is 350 g/mol. The van der Waals surface area contributed by atoms with Crippen LogP contribution in [0, 0.1) is 12.3 Å². The van der Waals surface area contributed by atoms with Crippen LogP contribution in [0.5, 0.6) is 5.75 Å². The van der Waals surface area contributed by atoms with Crippen LogP contribution in [0.3, 0.4) is 0 Å². The van der Waals surface area contributed by atoms with E-state index in [-0.39, 0.29) is 28.4 Å². The number of aromatic nitrogens is 2. The molecule has 1 aromatic carbocycles. The van der Waals surface area contributed by atoms with Crippen LogP contribution in [-0.2, 0) is 0 Å². The number of aromatic amines is 2. The molecule has 5 N–H and O–H groups in total. The fourth-order valence-corrected chi connectivity index (χ4v) is 2.35. The summed E-state index contributed by atoms with van der Waals surface area (Å²) in [5.74, 6) is 1.73.